The zero-order chi connectivity index (χ0) is 22.5. The van der Waals surface area contributed by atoms with Gasteiger partial charge in [-0.2, -0.15) is 0 Å². The molecule has 0 bridgehead atoms. The van der Waals surface area contributed by atoms with Crippen LogP contribution in [-0.4, -0.2) is 64.6 Å². The second-order valence-electron chi connectivity index (χ2n) is 8.69. The molecule has 0 aromatic heterocycles. The van der Waals surface area contributed by atoms with Gasteiger partial charge in [0, 0.05) is 0 Å². The minimum Gasteiger partial charge on any atom is -1.00 e. The van der Waals surface area contributed by atoms with Gasteiger partial charge in [0.05, 0.1) is 13.2 Å². The molecule has 1 fully saturated rings. The predicted molar refractivity (Wildman–Crippen MR) is 125 cm³/mol. The topological polar surface area (TPSA) is 116 Å². The third-order valence-corrected chi connectivity index (χ3v) is 5.84. The van der Waals surface area contributed by atoms with Crippen LogP contribution in [0.3, 0.4) is 0 Å². The van der Waals surface area contributed by atoms with Crippen molar-refractivity contribution in [2.75, 3.05) is 19.8 Å². The summed E-state index contributed by atoms with van der Waals surface area (Å²) in [7, 11) is 0. The minimum absolute atomic E-state index is 0. The number of hydrogen-bond acceptors (Lipinski definition) is 6. The fraction of sp³-hybridized carbons (Fsp3) is 1.00. The predicted octanol–water partition coefficient (Wildman–Crippen LogP) is 0.783. The molecule has 7 heteroatoms. The first kappa shape index (κ1) is 33.9. The van der Waals surface area contributed by atoms with E-state index in [9.17, 15) is 0 Å². The summed E-state index contributed by atoms with van der Waals surface area (Å²) in [5.74, 6) is 0. The summed E-state index contributed by atoms with van der Waals surface area (Å²) in [5, 5.41) is 35.7. The SMILES string of the molecule is CCCCCCCCCCCCCCCCCCN.OC[C@H]1OC[C@H](O)[C@@H](O)[C@@H]1O.[H-].[Na+]. The van der Waals surface area contributed by atoms with Gasteiger partial charge in [-0.1, -0.05) is 103 Å². The second kappa shape index (κ2) is 25.4. The van der Waals surface area contributed by atoms with Gasteiger partial charge in [0.1, 0.15) is 24.4 Å². The molecular weight excluding hydrogens is 405 g/mol. The van der Waals surface area contributed by atoms with Crippen molar-refractivity contribution in [2.24, 2.45) is 5.73 Å². The Kier molecular flexibility index (Phi) is 27.8. The molecule has 0 saturated carbocycles. The van der Waals surface area contributed by atoms with Crippen LogP contribution < -0.4 is 35.3 Å². The zero-order valence-corrected chi connectivity index (χ0v) is 22.5. The molecule has 184 valence electrons. The van der Waals surface area contributed by atoms with Gasteiger partial charge in [0.2, 0.25) is 0 Å². The van der Waals surface area contributed by atoms with Gasteiger partial charge in [-0.15, -0.1) is 0 Å². The number of aliphatic hydroxyl groups excluding tert-OH is 4. The van der Waals surface area contributed by atoms with Crippen molar-refractivity contribution in [2.45, 2.75) is 134 Å². The van der Waals surface area contributed by atoms with Gasteiger partial charge < -0.3 is 32.3 Å². The Hall–Kier alpha value is 0.760. The molecule has 0 amide bonds. The minimum atomic E-state index is -1.22. The van der Waals surface area contributed by atoms with Crippen LogP contribution in [0.2, 0.25) is 0 Å². The molecule has 6 N–H and O–H groups in total. The van der Waals surface area contributed by atoms with Gasteiger partial charge in [0.25, 0.3) is 0 Å². The van der Waals surface area contributed by atoms with Gasteiger partial charge in [-0.25, -0.2) is 0 Å². The Morgan fingerprint density at radius 1 is 0.710 bits per heavy atom. The third-order valence-electron chi connectivity index (χ3n) is 5.84. The number of unbranched alkanes of at least 4 members (excludes halogenated alkanes) is 15. The van der Waals surface area contributed by atoms with Gasteiger partial charge in [-0.05, 0) is 13.0 Å². The third kappa shape index (κ3) is 19.9. The van der Waals surface area contributed by atoms with Gasteiger partial charge in [-0.3, -0.25) is 0 Å². The summed E-state index contributed by atoms with van der Waals surface area (Å²) < 4.78 is 4.81. The average Bonchev–Trinajstić information content (AvgIpc) is 2.75. The number of hydrogen-bond donors (Lipinski definition) is 5. The van der Waals surface area contributed by atoms with Crippen molar-refractivity contribution in [3.63, 3.8) is 0 Å². The zero-order valence-electron chi connectivity index (χ0n) is 21.5. The summed E-state index contributed by atoms with van der Waals surface area (Å²) in [6.07, 6.45) is 18.6. The maximum atomic E-state index is 9.11. The van der Waals surface area contributed by atoms with Crippen molar-refractivity contribution in [3.05, 3.63) is 0 Å². The summed E-state index contributed by atoms with van der Waals surface area (Å²) >= 11 is 0. The average molecular weight is 458 g/mol. The molecule has 31 heavy (non-hydrogen) atoms. The van der Waals surface area contributed by atoms with E-state index in [0.717, 1.165) is 6.54 Å². The van der Waals surface area contributed by atoms with Crippen LogP contribution >= 0.6 is 0 Å². The van der Waals surface area contributed by atoms with E-state index in [1.807, 2.05) is 0 Å². The Bertz CT molecular complexity index is 340. The van der Waals surface area contributed by atoms with Crippen LogP contribution in [0, 0.1) is 0 Å². The van der Waals surface area contributed by atoms with Crippen LogP contribution in [0.5, 0.6) is 0 Å². The van der Waals surface area contributed by atoms with Crippen molar-refractivity contribution in [3.8, 4) is 0 Å². The standard InChI is InChI=1S/C18H39N.C6H12O5.Na.H/c1-2-3-4-5-6-7-8-9-10-11-12-13-14-15-16-17-18-19;7-1-4-6(10)5(9)3(8)2-11-4;;/h2-19H2,1H3;3-10H,1-2H2;;/q;;+1;-1/t;3-,4+,5+,6+;;/m.0../s1. The van der Waals surface area contributed by atoms with E-state index in [1.54, 1.807) is 0 Å². The van der Waals surface area contributed by atoms with E-state index in [-0.39, 0.29) is 44.2 Å². The van der Waals surface area contributed by atoms with E-state index in [0.29, 0.717) is 0 Å². The largest absolute Gasteiger partial charge is 1.00 e. The normalized spacial score (nSPS) is 23.0. The van der Waals surface area contributed by atoms with Crippen LogP contribution in [0.15, 0.2) is 0 Å². The van der Waals surface area contributed by atoms with E-state index in [1.165, 1.54) is 103 Å². The van der Waals surface area contributed by atoms with Crippen molar-refractivity contribution in [1.29, 1.82) is 0 Å². The van der Waals surface area contributed by atoms with Crippen molar-refractivity contribution in [1.82, 2.24) is 0 Å². The van der Waals surface area contributed by atoms with Crippen LogP contribution in [0.25, 0.3) is 0 Å². The van der Waals surface area contributed by atoms with Crippen molar-refractivity contribution < 1.29 is 56.1 Å². The first-order valence-corrected chi connectivity index (χ1v) is 12.5. The molecule has 1 aliphatic rings. The number of aliphatic hydroxyl groups is 4. The van der Waals surface area contributed by atoms with E-state index in [4.69, 9.17) is 30.9 Å². The molecule has 1 saturated heterocycles. The summed E-state index contributed by atoms with van der Waals surface area (Å²) in [4.78, 5) is 0. The second-order valence-corrected chi connectivity index (χ2v) is 8.69. The fourth-order valence-electron chi connectivity index (χ4n) is 3.72. The molecule has 1 rings (SSSR count). The molecule has 0 radical (unpaired) electrons. The number of ether oxygens (including phenoxy) is 1. The summed E-state index contributed by atoms with van der Waals surface area (Å²) in [6, 6.07) is 0. The molecule has 0 aromatic rings. The molecule has 4 atom stereocenters. The Labute approximate surface area is 215 Å². The fourth-order valence-corrected chi connectivity index (χ4v) is 3.72. The van der Waals surface area contributed by atoms with E-state index in [2.05, 4.69) is 6.92 Å². The van der Waals surface area contributed by atoms with E-state index < -0.39 is 24.4 Å². The quantitative estimate of drug-likeness (QED) is 0.163. The maximum Gasteiger partial charge on any atom is 1.00 e. The first-order valence-electron chi connectivity index (χ1n) is 12.5. The molecule has 0 unspecified atom stereocenters. The molecular formula is C24H52NNaO5. The molecule has 1 aliphatic heterocycles. The monoisotopic (exact) mass is 457 g/mol. The Morgan fingerprint density at radius 2 is 1.10 bits per heavy atom. The molecule has 0 aliphatic carbocycles. The van der Waals surface area contributed by atoms with Crippen LogP contribution in [0.4, 0.5) is 0 Å². The van der Waals surface area contributed by atoms with Gasteiger partial charge in [0.15, 0.2) is 0 Å². The summed E-state index contributed by atoms with van der Waals surface area (Å²) in [5.41, 5.74) is 5.48. The van der Waals surface area contributed by atoms with Gasteiger partial charge >= 0.3 is 29.6 Å². The van der Waals surface area contributed by atoms with E-state index >= 15 is 0 Å². The Balaban J connectivity index is -0.000000553. The first-order chi connectivity index (χ1) is 14.6. The number of nitrogens with two attached hydrogens (primary N) is 1. The molecule has 6 nitrogen and oxygen atoms in total. The molecule has 0 spiro atoms. The Morgan fingerprint density at radius 3 is 1.45 bits per heavy atom. The summed E-state index contributed by atoms with van der Waals surface area (Å²) in [6.45, 7) is 2.76. The van der Waals surface area contributed by atoms with Crippen LogP contribution in [0.1, 0.15) is 111 Å². The molecule has 0 aromatic carbocycles. The van der Waals surface area contributed by atoms with Crippen LogP contribution in [-0.2, 0) is 4.74 Å². The number of rotatable bonds is 17. The smallest absolute Gasteiger partial charge is 1.00 e. The van der Waals surface area contributed by atoms with Crippen molar-refractivity contribution >= 4 is 0 Å². The maximum absolute atomic E-state index is 9.11. The molecule has 1 heterocycles.